The lowest BCUT2D eigenvalue weighted by molar-refractivity contribution is 0.0606. The molecular weight excluding hydrogens is 224 g/mol. The van der Waals surface area contributed by atoms with Gasteiger partial charge in [-0.1, -0.05) is 48.2 Å². The standard InChI is InChI=1S/C16H20O2/c1-16(18,15-11-7-6-8-12-15)13-9-4-2-3-5-10-14-17/h4,6-9,11-12,17-18H,5,10,13-14H2,1H3/b9-4+/t16-/m1/s1. The van der Waals surface area contributed by atoms with Gasteiger partial charge in [0.1, 0.15) is 0 Å². The van der Waals surface area contributed by atoms with Crippen LogP contribution in [0.25, 0.3) is 0 Å². The van der Waals surface area contributed by atoms with Crippen LogP contribution in [0.5, 0.6) is 0 Å². The molecule has 0 bridgehead atoms. The minimum Gasteiger partial charge on any atom is -0.396 e. The van der Waals surface area contributed by atoms with E-state index in [0.29, 0.717) is 19.3 Å². The van der Waals surface area contributed by atoms with Gasteiger partial charge in [0.05, 0.1) is 5.60 Å². The predicted octanol–water partition coefficient (Wildman–Crippen LogP) is 2.62. The van der Waals surface area contributed by atoms with Crippen LogP contribution in [-0.2, 0) is 5.60 Å². The molecule has 0 unspecified atom stereocenters. The molecule has 18 heavy (non-hydrogen) atoms. The lowest BCUT2D eigenvalue weighted by Crippen LogP contribution is -2.19. The van der Waals surface area contributed by atoms with Crippen LogP contribution in [0.1, 0.15) is 31.7 Å². The smallest absolute Gasteiger partial charge is 0.0903 e. The minimum absolute atomic E-state index is 0.182. The van der Waals surface area contributed by atoms with Crippen molar-refractivity contribution >= 4 is 0 Å². The van der Waals surface area contributed by atoms with Crippen LogP contribution < -0.4 is 0 Å². The van der Waals surface area contributed by atoms with E-state index in [-0.39, 0.29) is 6.61 Å². The number of allylic oxidation sites excluding steroid dienone is 1. The first-order valence-corrected chi connectivity index (χ1v) is 6.19. The summed E-state index contributed by atoms with van der Waals surface area (Å²) < 4.78 is 0. The van der Waals surface area contributed by atoms with E-state index in [0.717, 1.165) is 5.56 Å². The van der Waals surface area contributed by atoms with Gasteiger partial charge in [-0.15, -0.1) is 0 Å². The third-order valence-electron chi connectivity index (χ3n) is 2.67. The highest BCUT2D eigenvalue weighted by Gasteiger charge is 2.20. The molecule has 0 aliphatic heterocycles. The molecule has 0 aliphatic carbocycles. The van der Waals surface area contributed by atoms with E-state index in [1.807, 2.05) is 36.4 Å². The number of hydrogen-bond donors (Lipinski definition) is 2. The Morgan fingerprint density at radius 3 is 2.67 bits per heavy atom. The van der Waals surface area contributed by atoms with E-state index >= 15 is 0 Å². The highest BCUT2D eigenvalue weighted by Crippen LogP contribution is 2.24. The number of unbranched alkanes of at least 4 members (excludes halogenated alkanes) is 1. The van der Waals surface area contributed by atoms with Crippen molar-refractivity contribution in [2.45, 2.75) is 31.8 Å². The monoisotopic (exact) mass is 244 g/mol. The molecule has 1 atom stereocenters. The van der Waals surface area contributed by atoms with Gasteiger partial charge in [-0.2, -0.15) is 0 Å². The number of benzene rings is 1. The Labute approximate surface area is 109 Å². The number of rotatable bonds is 5. The molecule has 1 aromatic carbocycles. The third kappa shape index (κ3) is 5.18. The van der Waals surface area contributed by atoms with Crippen LogP contribution in [0.15, 0.2) is 42.5 Å². The van der Waals surface area contributed by atoms with Crippen LogP contribution >= 0.6 is 0 Å². The summed E-state index contributed by atoms with van der Waals surface area (Å²) in [5.74, 6) is 5.83. The van der Waals surface area contributed by atoms with Crippen molar-refractivity contribution < 1.29 is 10.2 Å². The second kappa shape index (κ2) is 7.71. The van der Waals surface area contributed by atoms with E-state index in [1.165, 1.54) is 0 Å². The van der Waals surface area contributed by atoms with Gasteiger partial charge in [0.15, 0.2) is 0 Å². The van der Waals surface area contributed by atoms with Gasteiger partial charge in [0, 0.05) is 13.0 Å². The van der Waals surface area contributed by atoms with Gasteiger partial charge in [-0.3, -0.25) is 0 Å². The molecule has 0 spiro atoms. The zero-order chi connectivity index (χ0) is 13.3. The molecule has 2 heteroatoms. The van der Waals surface area contributed by atoms with E-state index in [1.54, 1.807) is 13.0 Å². The Hall–Kier alpha value is -1.56. The Kier molecular flexibility index (Phi) is 6.21. The van der Waals surface area contributed by atoms with Crippen molar-refractivity contribution in [2.24, 2.45) is 0 Å². The van der Waals surface area contributed by atoms with Gasteiger partial charge in [0.25, 0.3) is 0 Å². The lowest BCUT2D eigenvalue weighted by atomic mass is 9.92. The molecule has 0 aliphatic rings. The molecular formula is C16H20O2. The molecule has 0 aromatic heterocycles. The van der Waals surface area contributed by atoms with Gasteiger partial charge in [-0.25, -0.2) is 0 Å². The molecule has 0 heterocycles. The second-order valence-electron chi connectivity index (χ2n) is 4.39. The van der Waals surface area contributed by atoms with Crippen molar-refractivity contribution in [2.75, 3.05) is 6.61 Å². The Morgan fingerprint density at radius 2 is 2.00 bits per heavy atom. The zero-order valence-electron chi connectivity index (χ0n) is 10.8. The fourth-order valence-corrected chi connectivity index (χ4v) is 1.56. The van der Waals surface area contributed by atoms with Crippen LogP contribution in [0.3, 0.4) is 0 Å². The van der Waals surface area contributed by atoms with E-state index in [9.17, 15) is 5.11 Å². The molecule has 0 saturated heterocycles. The minimum atomic E-state index is -0.857. The largest absolute Gasteiger partial charge is 0.396 e. The van der Waals surface area contributed by atoms with Gasteiger partial charge in [-0.05, 0) is 31.4 Å². The number of aliphatic hydroxyl groups excluding tert-OH is 1. The Morgan fingerprint density at radius 1 is 1.28 bits per heavy atom. The maximum absolute atomic E-state index is 10.3. The number of aliphatic hydroxyl groups is 2. The fraction of sp³-hybridized carbons (Fsp3) is 0.375. The Balaban J connectivity index is 2.46. The van der Waals surface area contributed by atoms with Crippen LogP contribution in [-0.4, -0.2) is 16.8 Å². The van der Waals surface area contributed by atoms with Gasteiger partial charge >= 0.3 is 0 Å². The number of hydrogen-bond acceptors (Lipinski definition) is 2. The first-order valence-electron chi connectivity index (χ1n) is 6.19. The molecule has 0 radical (unpaired) electrons. The van der Waals surface area contributed by atoms with Crippen molar-refractivity contribution in [1.29, 1.82) is 0 Å². The quantitative estimate of drug-likeness (QED) is 0.617. The molecule has 0 fully saturated rings. The highest BCUT2D eigenvalue weighted by atomic mass is 16.3. The summed E-state index contributed by atoms with van der Waals surface area (Å²) in [4.78, 5) is 0. The van der Waals surface area contributed by atoms with Crippen LogP contribution in [0, 0.1) is 11.8 Å². The summed E-state index contributed by atoms with van der Waals surface area (Å²) in [5.41, 5.74) is 0.0488. The van der Waals surface area contributed by atoms with Crippen molar-refractivity contribution in [3.8, 4) is 11.8 Å². The maximum atomic E-state index is 10.3. The SMILES string of the molecule is C[C@@](O)(C/C=C/C#CCCCO)c1ccccc1. The molecule has 1 rings (SSSR count). The lowest BCUT2D eigenvalue weighted by Gasteiger charge is -2.21. The average molecular weight is 244 g/mol. The third-order valence-corrected chi connectivity index (χ3v) is 2.67. The van der Waals surface area contributed by atoms with Crippen molar-refractivity contribution in [3.63, 3.8) is 0 Å². The first-order chi connectivity index (χ1) is 8.67. The van der Waals surface area contributed by atoms with E-state index in [4.69, 9.17) is 5.11 Å². The van der Waals surface area contributed by atoms with E-state index < -0.39 is 5.60 Å². The Bertz CT molecular complexity index is 421. The molecule has 0 amide bonds. The first kappa shape index (κ1) is 14.5. The molecule has 2 N–H and O–H groups in total. The highest BCUT2D eigenvalue weighted by molar-refractivity contribution is 5.23. The molecule has 1 aromatic rings. The van der Waals surface area contributed by atoms with Crippen LogP contribution in [0.2, 0.25) is 0 Å². The maximum Gasteiger partial charge on any atom is 0.0903 e. The van der Waals surface area contributed by atoms with Crippen molar-refractivity contribution in [3.05, 3.63) is 48.0 Å². The summed E-state index contributed by atoms with van der Waals surface area (Å²) in [5, 5.41) is 18.9. The zero-order valence-corrected chi connectivity index (χ0v) is 10.8. The normalized spacial score (nSPS) is 13.9. The predicted molar refractivity (Wildman–Crippen MR) is 73.9 cm³/mol. The second-order valence-corrected chi connectivity index (χ2v) is 4.39. The summed E-state index contributed by atoms with van der Waals surface area (Å²) in [6, 6.07) is 9.61. The summed E-state index contributed by atoms with van der Waals surface area (Å²) in [6.45, 7) is 1.98. The molecule has 2 nitrogen and oxygen atoms in total. The summed E-state index contributed by atoms with van der Waals surface area (Å²) >= 11 is 0. The van der Waals surface area contributed by atoms with Crippen molar-refractivity contribution in [1.82, 2.24) is 0 Å². The summed E-state index contributed by atoms with van der Waals surface area (Å²) in [6.07, 6.45) is 5.58. The molecule has 0 saturated carbocycles. The van der Waals surface area contributed by atoms with Gasteiger partial charge in [0.2, 0.25) is 0 Å². The average Bonchev–Trinajstić information content (AvgIpc) is 2.39. The topological polar surface area (TPSA) is 40.5 Å². The molecule has 96 valence electrons. The summed E-state index contributed by atoms with van der Waals surface area (Å²) in [7, 11) is 0. The fourth-order valence-electron chi connectivity index (χ4n) is 1.56. The van der Waals surface area contributed by atoms with Crippen LogP contribution in [0.4, 0.5) is 0 Å². The van der Waals surface area contributed by atoms with Gasteiger partial charge < -0.3 is 10.2 Å². The van der Waals surface area contributed by atoms with E-state index in [2.05, 4.69) is 11.8 Å².